The largest absolute Gasteiger partial charge is 0.385 e. The van der Waals surface area contributed by atoms with Gasteiger partial charge in [0.2, 0.25) is 0 Å². The number of benzene rings is 1. The van der Waals surface area contributed by atoms with Gasteiger partial charge in [0, 0.05) is 31.5 Å². The lowest BCUT2D eigenvalue weighted by molar-refractivity contribution is -0.133. The van der Waals surface area contributed by atoms with Crippen LogP contribution in [0, 0.1) is 0 Å². The Morgan fingerprint density at radius 1 is 1.35 bits per heavy atom. The number of ether oxygens (including phenoxy) is 1. The van der Waals surface area contributed by atoms with Crippen LogP contribution in [0.15, 0.2) is 36.5 Å². The Hall–Kier alpha value is -1.45. The molecule has 3 heteroatoms. The first kappa shape index (κ1) is 10.7. The van der Waals surface area contributed by atoms with Crippen molar-refractivity contribution in [3.63, 3.8) is 0 Å². The zero-order valence-electron chi connectivity index (χ0n) is 9.76. The predicted molar refractivity (Wildman–Crippen MR) is 65.7 cm³/mol. The molecule has 1 aromatic heterocycles. The van der Waals surface area contributed by atoms with Gasteiger partial charge in [-0.1, -0.05) is 18.2 Å². The van der Waals surface area contributed by atoms with Crippen LogP contribution in [0.1, 0.15) is 18.4 Å². The highest BCUT2D eigenvalue weighted by Gasteiger charge is 2.44. The summed E-state index contributed by atoms with van der Waals surface area (Å²) in [7, 11) is 1.69. The summed E-state index contributed by atoms with van der Waals surface area (Å²) in [6.07, 6.45) is 3.29. The molecular weight excluding hydrogens is 214 g/mol. The van der Waals surface area contributed by atoms with Gasteiger partial charge in [-0.05, 0) is 17.7 Å². The second kappa shape index (κ2) is 3.79. The molecule has 0 spiro atoms. The maximum Gasteiger partial charge on any atom is 0.0946 e. The number of methoxy groups -OCH3 is 1. The van der Waals surface area contributed by atoms with Gasteiger partial charge in [0.15, 0.2) is 0 Å². The third-order valence-electron chi connectivity index (χ3n) is 3.61. The molecule has 0 aliphatic heterocycles. The molecular formula is C14H15NO2. The molecule has 17 heavy (non-hydrogen) atoms. The van der Waals surface area contributed by atoms with Crippen LogP contribution in [0.4, 0.5) is 0 Å². The van der Waals surface area contributed by atoms with E-state index in [0.717, 1.165) is 16.5 Å². The Balaban J connectivity index is 1.96. The van der Waals surface area contributed by atoms with E-state index >= 15 is 0 Å². The minimum absolute atomic E-state index is 0.180. The quantitative estimate of drug-likeness (QED) is 0.858. The number of aliphatic hydroxyl groups is 1. The Morgan fingerprint density at radius 3 is 2.94 bits per heavy atom. The Kier molecular flexibility index (Phi) is 2.38. The van der Waals surface area contributed by atoms with Gasteiger partial charge in [-0.15, -0.1) is 0 Å². The first-order chi connectivity index (χ1) is 8.21. The number of nitrogens with zero attached hydrogens (tertiary/aromatic N) is 1. The molecule has 2 aromatic rings. The Morgan fingerprint density at radius 2 is 2.18 bits per heavy atom. The second-order valence-corrected chi connectivity index (χ2v) is 4.71. The molecule has 1 heterocycles. The van der Waals surface area contributed by atoms with Crippen molar-refractivity contribution in [2.75, 3.05) is 7.11 Å². The molecule has 0 amide bonds. The van der Waals surface area contributed by atoms with Gasteiger partial charge in [0.25, 0.3) is 0 Å². The van der Waals surface area contributed by atoms with Crippen LogP contribution in [0.2, 0.25) is 0 Å². The number of hydrogen-bond acceptors (Lipinski definition) is 3. The summed E-state index contributed by atoms with van der Waals surface area (Å²) in [5.41, 5.74) is 1.14. The van der Waals surface area contributed by atoms with E-state index in [1.54, 1.807) is 13.3 Å². The smallest absolute Gasteiger partial charge is 0.0946 e. The minimum Gasteiger partial charge on any atom is -0.385 e. The molecule has 1 aliphatic carbocycles. The fraction of sp³-hybridized carbons (Fsp3) is 0.357. The molecule has 3 rings (SSSR count). The van der Waals surface area contributed by atoms with E-state index in [0.29, 0.717) is 12.8 Å². The number of hydrogen-bond donors (Lipinski definition) is 1. The van der Waals surface area contributed by atoms with E-state index < -0.39 is 5.60 Å². The second-order valence-electron chi connectivity index (χ2n) is 4.71. The van der Waals surface area contributed by atoms with Crippen molar-refractivity contribution in [1.82, 2.24) is 4.98 Å². The lowest BCUT2D eigenvalue weighted by Gasteiger charge is -2.43. The SMILES string of the molecule is COC1CC(O)(c2ccc3cccnc3c2)C1. The van der Waals surface area contributed by atoms with Gasteiger partial charge in [-0.2, -0.15) is 0 Å². The van der Waals surface area contributed by atoms with Gasteiger partial charge in [-0.3, -0.25) is 4.98 Å². The molecule has 0 unspecified atom stereocenters. The number of aromatic nitrogens is 1. The number of pyridine rings is 1. The zero-order valence-corrected chi connectivity index (χ0v) is 9.76. The van der Waals surface area contributed by atoms with Crippen LogP contribution in [-0.4, -0.2) is 23.3 Å². The van der Waals surface area contributed by atoms with Gasteiger partial charge in [-0.25, -0.2) is 0 Å². The van der Waals surface area contributed by atoms with Gasteiger partial charge in [0.1, 0.15) is 0 Å². The van der Waals surface area contributed by atoms with Gasteiger partial charge < -0.3 is 9.84 Å². The van der Waals surface area contributed by atoms with E-state index in [1.807, 2.05) is 30.3 Å². The maximum atomic E-state index is 10.4. The van der Waals surface area contributed by atoms with E-state index in [-0.39, 0.29) is 6.10 Å². The highest BCUT2D eigenvalue weighted by molar-refractivity contribution is 5.79. The highest BCUT2D eigenvalue weighted by Crippen LogP contribution is 2.43. The standard InChI is InChI=1S/C14H15NO2/c1-17-12-8-14(16,9-12)11-5-4-10-3-2-6-15-13(10)7-11/h2-7,12,16H,8-9H2,1H3. The molecule has 0 bridgehead atoms. The molecule has 0 radical (unpaired) electrons. The molecule has 1 aromatic carbocycles. The van der Waals surface area contributed by atoms with Crippen LogP contribution in [0.3, 0.4) is 0 Å². The Labute approximate surface area is 100 Å². The topological polar surface area (TPSA) is 42.4 Å². The first-order valence-electron chi connectivity index (χ1n) is 5.82. The average Bonchev–Trinajstić information content (AvgIpc) is 2.34. The lowest BCUT2D eigenvalue weighted by Crippen LogP contribution is -2.45. The van der Waals surface area contributed by atoms with Gasteiger partial charge >= 0.3 is 0 Å². The average molecular weight is 229 g/mol. The van der Waals surface area contributed by atoms with E-state index in [2.05, 4.69) is 4.98 Å². The summed E-state index contributed by atoms with van der Waals surface area (Å²) >= 11 is 0. The zero-order chi connectivity index (χ0) is 11.9. The maximum absolute atomic E-state index is 10.4. The molecule has 1 aliphatic rings. The molecule has 0 saturated heterocycles. The number of fused-ring (bicyclic) bond motifs is 1. The molecule has 88 valence electrons. The van der Waals surface area contributed by atoms with Crippen LogP contribution in [-0.2, 0) is 10.3 Å². The fourth-order valence-corrected chi connectivity index (χ4v) is 2.45. The minimum atomic E-state index is -0.730. The summed E-state index contributed by atoms with van der Waals surface area (Å²) in [4.78, 5) is 4.31. The fourth-order valence-electron chi connectivity index (χ4n) is 2.45. The van der Waals surface area contributed by atoms with Crippen molar-refractivity contribution in [2.45, 2.75) is 24.5 Å². The number of rotatable bonds is 2. The summed E-state index contributed by atoms with van der Waals surface area (Å²) in [6, 6.07) is 9.91. The summed E-state index contributed by atoms with van der Waals surface area (Å²) < 4.78 is 5.21. The van der Waals surface area contributed by atoms with Crippen LogP contribution < -0.4 is 0 Å². The van der Waals surface area contributed by atoms with Crippen molar-refractivity contribution >= 4 is 10.9 Å². The van der Waals surface area contributed by atoms with Crippen LogP contribution >= 0.6 is 0 Å². The first-order valence-corrected chi connectivity index (χ1v) is 5.82. The van der Waals surface area contributed by atoms with Gasteiger partial charge in [0.05, 0.1) is 17.2 Å². The Bertz CT molecular complexity index is 547. The van der Waals surface area contributed by atoms with Crippen molar-refractivity contribution in [3.05, 3.63) is 42.1 Å². The third kappa shape index (κ3) is 1.72. The molecule has 1 N–H and O–H groups in total. The van der Waals surface area contributed by atoms with Crippen LogP contribution in [0.5, 0.6) is 0 Å². The van der Waals surface area contributed by atoms with E-state index in [9.17, 15) is 5.11 Å². The molecule has 0 atom stereocenters. The van der Waals surface area contributed by atoms with Crippen molar-refractivity contribution in [2.24, 2.45) is 0 Å². The summed E-state index contributed by atoms with van der Waals surface area (Å²) in [5, 5.41) is 11.5. The summed E-state index contributed by atoms with van der Waals surface area (Å²) in [5.74, 6) is 0. The molecule has 1 saturated carbocycles. The lowest BCUT2D eigenvalue weighted by atomic mass is 9.72. The highest BCUT2D eigenvalue weighted by atomic mass is 16.5. The van der Waals surface area contributed by atoms with E-state index in [4.69, 9.17) is 4.74 Å². The molecule has 3 nitrogen and oxygen atoms in total. The summed E-state index contributed by atoms with van der Waals surface area (Å²) in [6.45, 7) is 0. The van der Waals surface area contributed by atoms with Crippen LogP contribution in [0.25, 0.3) is 10.9 Å². The van der Waals surface area contributed by atoms with Crippen molar-refractivity contribution in [1.29, 1.82) is 0 Å². The normalized spacial score (nSPS) is 28.0. The third-order valence-corrected chi connectivity index (χ3v) is 3.61. The molecule has 1 fully saturated rings. The van der Waals surface area contributed by atoms with E-state index in [1.165, 1.54) is 0 Å². The predicted octanol–water partition coefficient (Wildman–Crippen LogP) is 2.23. The van der Waals surface area contributed by atoms with Crippen molar-refractivity contribution < 1.29 is 9.84 Å². The monoisotopic (exact) mass is 229 g/mol. The van der Waals surface area contributed by atoms with Crippen molar-refractivity contribution in [3.8, 4) is 0 Å².